The Morgan fingerprint density at radius 2 is 1.41 bits per heavy atom. The molecule has 10 heteroatoms. The zero-order chi connectivity index (χ0) is 20.2. The van der Waals surface area contributed by atoms with E-state index in [4.69, 9.17) is 23.2 Å². The fourth-order valence-corrected chi connectivity index (χ4v) is 5.95. The summed E-state index contributed by atoms with van der Waals surface area (Å²) in [5.74, 6) is -0.146. The van der Waals surface area contributed by atoms with Crippen LogP contribution in [0.3, 0.4) is 0 Å². The molecule has 0 aliphatic heterocycles. The Hall–Kier alpha value is -1.16. The van der Waals surface area contributed by atoms with Gasteiger partial charge in [-0.2, -0.15) is 0 Å². The van der Waals surface area contributed by atoms with Crippen LogP contribution in [0.1, 0.15) is 25.0 Å². The molecule has 0 unspecified atom stereocenters. The maximum Gasteiger partial charge on any atom is 0.243 e. The van der Waals surface area contributed by atoms with E-state index in [2.05, 4.69) is 9.44 Å². The molecule has 0 saturated heterocycles. The molecule has 2 aromatic rings. The Kier molecular flexibility index (Phi) is 7.29. The average Bonchev–Trinajstić information content (AvgIpc) is 2.52. The number of halogens is 2. The number of hydrogen-bond acceptors (Lipinski definition) is 4. The van der Waals surface area contributed by atoms with Crippen LogP contribution in [0.2, 0.25) is 10.0 Å². The van der Waals surface area contributed by atoms with E-state index in [-0.39, 0.29) is 33.3 Å². The highest BCUT2D eigenvalue weighted by Gasteiger charge is 2.21. The van der Waals surface area contributed by atoms with Gasteiger partial charge in [0.05, 0.1) is 15.8 Å². The molecule has 0 aromatic heterocycles. The number of benzene rings is 2. The zero-order valence-electron chi connectivity index (χ0n) is 14.7. The van der Waals surface area contributed by atoms with Gasteiger partial charge in [0.1, 0.15) is 4.90 Å². The molecule has 6 nitrogen and oxygen atoms in total. The third-order valence-electron chi connectivity index (χ3n) is 3.45. The Labute approximate surface area is 170 Å². The molecule has 2 aromatic carbocycles. The highest BCUT2D eigenvalue weighted by molar-refractivity contribution is 7.89. The van der Waals surface area contributed by atoms with Crippen molar-refractivity contribution in [3.05, 3.63) is 63.6 Å². The predicted octanol–water partition coefficient (Wildman–Crippen LogP) is 3.30. The first-order valence-electron chi connectivity index (χ1n) is 8.02. The van der Waals surface area contributed by atoms with Crippen LogP contribution in [-0.2, 0) is 32.3 Å². The van der Waals surface area contributed by atoms with Crippen molar-refractivity contribution in [1.82, 2.24) is 9.44 Å². The summed E-state index contributed by atoms with van der Waals surface area (Å²) in [6.45, 7) is 3.51. The molecule has 0 aliphatic carbocycles. The van der Waals surface area contributed by atoms with E-state index in [0.29, 0.717) is 11.1 Å². The van der Waals surface area contributed by atoms with Gasteiger partial charge in [0.25, 0.3) is 0 Å². The molecule has 2 N–H and O–H groups in total. The van der Waals surface area contributed by atoms with Crippen LogP contribution in [-0.4, -0.2) is 22.9 Å². The van der Waals surface area contributed by atoms with E-state index in [0.717, 1.165) is 0 Å². The lowest BCUT2D eigenvalue weighted by Crippen LogP contribution is -2.31. The van der Waals surface area contributed by atoms with Crippen molar-refractivity contribution in [1.29, 1.82) is 0 Å². The minimum Gasteiger partial charge on any atom is -0.212 e. The van der Waals surface area contributed by atoms with E-state index in [1.54, 1.807) is 44.2 Å². The zero-order valence-corrected chi connectivity index (χ0v) is 17.9. The first-order valence-corrected chi connectivity index (χ1v) is 11.9. The van der Waals surface area contributed by atoms with Gasteiger partial charge >= 0.3 is 0 Å². The van der Waals surface area contributed by atoms with Crippen LogP contribution >= 0.6 is 23.2 Å². The van der Waals surface area contributed by atoms with E-state index in [9.17, 15) is 16.8 Å². The molecule has 0 spiro atoms. The fourth-order valence-electron chi connectivity index (χ4n) is 2.36. The van der Waals surface area contributed by atoms with Gasteiger partial charge in [-0.25, -0.2) is 26.3 Å². The van der Waals surface area contributed by atoms with Gasteiger partial charge in [-0.05, 0) is 37.1 Å². The van der Waals surface area contributed by atoms with Crippen molar-refractivity contribution in [3.63, 3.8) is 0 Å². The van der Waals surface area contributed by atoms with Crippen molar-refractivity contribution in [3.8, 4) is 0 Å². The molecule has 0 saturated carbocycles. The second kappa shape index (κ2) is 8.89. The van der Waals surface area contributed by atoms with Gasteiger partial charge in [0, 0.05) is 12.6 Å². The first-order chi connectivity index (χ1) is 12.5. The summed E-state index contributed by atoms with van der Waals surface area (Å²) in [5.41, 5.74) is 1.27. The van der Waals surface area contributed by atoms with E-state index in [1.807, 2.05) is 0 Å². The third-order valence-corrected chi connectivity index (χ3v) is 7.35. The molecule has 0 radical (unpaired) electrons. The summed E-state index contributed by atoms with van der Waals surface area (Å²) in [7, 11) is -7.31. The van der Waals surface area contributed by atoms with Crippen LogP contribution in [0.5, 0.6) is 0 Å². The number of hydrogen-bond donors (Lipinski definition) is 2. The van der Waals surface area contributed by atoms with E-state index >= 15 is 0 Å². The van der Waals surface area contributed by atoms with Crippen LogP contribution in [0.4, 0.5) is 0 Å². The van der Waals surface area contributed by atoms with E-state index in [1.165, 1.54) is 12.1 Å². The smallest absolute Gasteiger partial charge is 0.212 e. The van der Waals surface area contributed by atoms with Gasteiger partial charge in [-0.1, -0.05) is 53.5 Å². The topological polar surface area (TPSA) is 92.3 Å². The predicted molar refractivity (Wildman–Crippen MR) is 108 cm³/mol. The van der Waals surface area contributed by atoms with E-state index < -0.39 is 20.0 Å². The Morgan fingerprint density at radius 3 is 1.93 bits per heavy atom. The monoisotopic (exact) mass is 450 g/mol. The lowest BCUT2D eigenvalue weighted by Gasteiger charge is -2.11. The van der Waals surface area contributed by atoms with Gasteiger partial charge in [-0.15, -0.1) is 0 Å². The molecular weight excluding hydrogens is 431 g/mol. The standard InChI is InChI=1S/C17H20Cl2N2O4S2/c1-12(2)21-26(22,23)11-14-8-6-13(7-9-14)10-20-27(24,25)17-15(18)4-3-5-16(17)19/h3-9,12,20-21H,10-11H2,1-2H3. The van der Waals surface area contributed by atoms with Gasteiger partial charge in [-0.3, -0.25) is 0 Å². The largest absolute Gasteiger partial charge is 0.243 e. The third kappa shape index (κ3) is 6.44. The number of rotatable bonds is 8. The second-order valence-electron chi connectivity index (χ2n) is 6.22. The molecule has 27 heavy (non-hydrogen) atoms. The maximum atomic E-state index is 12.4. The van der Waals surface area contributed by atoms with Crippen LogP contribution in [0.15, 0.2) is 47.4 Å². The minimum atomic E-state index is -3.89. The molecular formula is C17H20Cl2N2O4S2. The summed E-state index contributed by atoms with van der Waals surface area (Å²) in [5, 5.41) is 0.0708. The second-order valence-corrected chi connectivity index (χ2v) is 10.5. The maximum absolute atomic E-state index is 12.4. The van der Waals surface area contributed by atoms with Crippen LogP contribution in [0, 0.1) is 0 Å². The molecule has 0 amide bonds. The molecule has 0 heterocycles. The summed E-state index contributed by atoms with van der Waals surface area (Å²) >= 11 is 11.9. The Bertz CT molecular complexity index is 985. The first kappa shape index (κ1) is 22.1. The van der Waals surface area contributed by atoms with Crippen LogP contribution < -0.4 is 9.44 Å². The van der Waals surface area contributed by atoms with Crippen molar-refractivity contribution in [2.75, 3.05) is 0 Å². The quantitative estimate of drug-likeness (QED) is 0.644. The SMILES string of the molecule is CC(C)NS(=O)(=O)Cc1ccc(CNS(=O)(=O)c2c(Cl)cccc2Cl)cc1. The van der Waals surface area contributed by atoms with Crippen LogP contribution in [0.25, 0.3) is 0 Å². The Morgan fingerprint density at radius 1 is 0.889 bits per heavy atom. The van der Waals surface area contributed by atoms with Gasteiger partial charge < -0.3 is 0 Å². The summed E-state index contributed by atoms with van der Waals surface area (Å²) in [6.07, 6.45) is 0. The highest BCUT2D eigenvalue weighted by atomic mass is 35.5. The molecule has 0 fully saturated rings. The number of sulfonamides is 2. The lowest BCUT2D eigenvalue weighted by atomic mass is 10.1. The normalized spacial score (nSPS) is 12.5. The fraction of sp³-hybridized carbons (Fsp3) is 0.294. The summed E-state index contributed by atoms with van der Waals surface area (Å²) in [6, 6.07) is 10.9. The molecule has 0 aliphatic rings. The van der Waals surface area contributed by atoms with Gasteiger partial charge in [0.2, 0.25) is 20.0 Å². The lowest BCUT2D eigenvalue weighted by molar-refractivity contribution is 0.569. The molecule has 2 rings (SSSR count). The van der Waals surface area contributed by atoms with Crippen molar-refractivity contribution >= 4 is 43.2 Å². The number of nitrogens with one attached hydrogen (secondary N) is 2. The van der Waals surface area contributed by atoms with Crippen molar-refractivity contribution in [2.45, 2.75) is 37.1 Å². The highest BCUT2D eigenvalue weighted by Crippen LogP contribution is 2.28. The van der Waals surface area contributed by atoms with Crippen molar-refractivity contribution in [2.24, 2.45) is 0 Å². The van der Waals surface area contributed by atoms with Gasteiger partial charge in [0.15, 0.2) is 0 Å². The average molecular weight is 451 g/mol. The minimum absolute atomic E-state index is 0.0150. The summed E-state index contributed by atoms with van der Waals surface area (Å²) < 4.78 is 53.7. The molecule has 148 valence electrons. The Balaban J connectivity index is 2.07. The summed E-state index contributed by atoms with van der Waals surface area (Å²) in [4.78, 5) is -0.171. The van der Waals surface area contributed by atoms with Crippen molar-refractivity contribution < 1.29 is 16.8 Å². The molecule has 0 bridgehead atoms. The molecule has 0 atom stereocenters.